The first kappa shape index (κ1) is 23.8. The molecule has 2 aliphatic rings. The average Bonchev–Trinajstić information content (AvgIpc) is 3.12. The molecule has 0 aromatic carbocycles. The van der Waals surface area contributed by atoms with E-state index in [-0.39, 0.29) is 28.2 Å². The lowest BCUT2D eigenvalue weighted by molar-refractivity contribution is -0.124. The number of hydrogen-bond donors (Lipinski definition) is 1. The van der Waals surface area contributed by atoms with Gasteiger partial charge >= 0.3 is 5.97 Å². The number of aromatic carboxylic acids is 1. The second kappa shape index (κ2) is 9.73. The van der Waals surface area contributed by atoms with Gasteiger partial charge in [-0.1, -0.05) is 18.8 Å². The zero-order valence-electron chi connectivity index (χ0n) is 19.0. The Morgan fingerprint density at radius 2 is 1.71 bits per heavy atom. The molecule has 4 nitrogen and oxygen atoms in total. The van der Waals surface area contributed by atoms with Gasteiger partial charge in [-0.3, -0.25) is 4.79 Å². The van der Waals surface area contributed by atoms with Gasteiger partial charge in [0.2, 0.25) is 5.91 Å². The van der Waals surface area contributed by atoms with Crippen molar-refractivity contribution in [1.82, 2.24) is 0 Å². The van der Waals surface area contributed by atoms with Gasteiger partial charge in [-0.05, 0) is 84.1 Å². The topological polar surface area (TPSA) is 57.6 Å². The second-order valence-corrected chi connectivity index (χ2v) is 11.3. The minimum absolute atomic E-state index is 0.00448. The van der Waals surface area contributed by atoms with Crippen LogP contribution >= 0.6 is 11.3 Å². The first-order valence-electron chi connectivity index (χ1n) is 11.4. The summed E-state index contributed by atoms with van der Waals surface area (Å²) in [5.41, 5.74) is 0.239. The molecule has 1 amide bonds. The minimum atomic E-state index is -1.04. The number of anilines is 1. The number of rotatable bonds is 4. The molecule has 0 aliphatic heterocycles. The first-order chi connectivity index (χ1) is 14.5. The van der Waals surface area contributed by atoms with Crippen molar-refractivity contribution in [2.75, 3.05) is 4.90 Å². The van der Waals surface area contributed by atoms with Gasteiger partial charge in [-0.2, -0.15) is 0 Å². The molecule has 1 N–H and O–H groups in total. The number of thiophene rings is 1. The third-order valence-electron chi connectivity index (χ3n) is 6.32. The minimum Gasteiger partial charge on any atom is -0.477 e. The van der Waals surface area contributed by atoms with Crippen molar-refractivity contribution in [3.8, 4) is 11.8 Å². The van der Waals surface area contributed by atoms with Gasteiger partial charge in [0.25, 0.3) is 0 Å². The largest absolute Gasteiger partial charge is 0.477 e. The summed E-state index contributed by atoms with van der Waals surface area (Å²) in [5.74, 6) is 5.74. The Hall–Kier alpha value is -1.87. The van der Waals surface area contributed by atoms with Crippen LogP contribution in [0.2, 0.25) is 0 Å². The summed E-state index contributed by atoms with van der Waals surface area (Å²) in [6.07, 6.45) is 4.81. The Labute approximate surface area is 189 Å². The van der Waals surface area contributed by atoms with Crippen molar-refractivity contribution in [1.29, 1.82) is 0 Å². The van der Waals surface area contributed by atoms with Crippen LogP contribution in [0.1, 0.15) is 93.6 Å². The molecule has 0 atom stereocenters. The van der Waals surface area contributed by atoms with Crippen LogP contribution in [-0.4, -0.2) is 29.2 Å². The Kier molecular flexibility index (Phi) is 7.47. The van der Waals surface area contributed by atoms with E-state index in [0.29, 0.717) is 42.2 Å². The lowest BCUT2D eigenvalue weighted by atomic mass is 9.81. The lowest BCUT2D eigenvalue weighted by Gasteiger charge is -2.38. The Morgan fingerprint density at radius 3 is 2.26 bits per heavy atom. The number of nitrogens with zero attached hydrogens (tertiary/aromatic N) is 1. The standard InChI is InChI=1S/C25H34FNO3S/c1-16-5-7-17(8-6-16)23(28)27(19-11-9-18(26)10-12-19)21-15-20(13-14-25(2,3)4)31-22(21)24(29)30/h15-19H,5-12H2,1-4H3,(H,29,30)/t16-,17-,18-,19-. The maximum atomic E-state index is 13.8. The predicted octanol–water partition coefficient (Wildman–Crippen LogP) is 6.28. The molecule has 0 bridgehead atoms. The second-order valence-electron chi connectivity index (χ2n) is 10.2. The van der Waals surface area contributed by atoms with E-state index in [9.17, 15) is 19.1 Å². The van der Waals surface area contributed by atoms with E-state index in [1.54, 1.807) is 11.0 Å². The van der Waals surface area contributed by atoms with Crippen molar-refractivity contribution >= 4 is 28.9 Å². The highest BCUT2D eigenvalue weighted by Gasteiger charge is 2.37. The van der Waals surface area contributed by atoms with Crippen LogP contribution in [0.5, 0.6) is 0 Å². The summed E-state index contributed by atoms with van der Waals surface area (Å²) < 4.78 is 13.8. The number of alkyl halides is 1. The number of carbonyl (C=O) groups is 2. The van der Waals surface area contributed by atoms with Crippen molar-refractivity contribution in [2.45, 2.75) is 91.3 Å². The predicted molar refractivity (Wildman–Crippen MR) is 123 cm³/mol. The first-order valence-corrected chi connectivity index (χ1v) is 12.2. The van der Waals surface area contributed by atoms with Crippen LogP contribution in [0.25, 0.3) is 0 Å². The lowest BCUT2D eigenvalue weighted by Crippen LogP contribution is -2.46. The van der Waals surface area contributed by atoms with Gasteiger partial charge < -0.3 is 10.0 Å². The number of carboxylic acid groups (broad SMARTS) is 1. The van der Waals surface area contributed by atoms with Crippen molar-refractivity contribution in [3.05, 3.63) is 15.8 Å². The Morgan fingerprint density at radius 1 is 1.10 bits per heavy atom. The van der Waals surface area contributed by atoms with Crippen LogP contribution in [0.15, 0.2) is 6.07 Å². The fourth-order valence-corrected chi connectivity index (χ4v) is 5.36. The number of amides is 1. The van der Waals surface area contributed by atoms with Gasteiger partial charge in [-0.15, -0.1) is 11.3 Å². The summed E-state index contributed by atoms with van der Waals surface area (Å²) in [6.45, 7) is 8.22. The number of halogens is 1. The summed E-state index contributed by atoms with van der Waals surface area (Å²) >= 11 is 1.12. The third kappa shape index (κ3) is 6.10. The average molecular weight is 448 g/mol. The Balaban J connectivity index is 1.99. The SMILES string of the molecule is CC(C)(C)C#Cc1cc(N(C(=O)[C@H]2CC[C@H](C)CC2)[C@H]2CC[C@H](F)CC2)c(C(=O)O)s1. The molecule has 0 spiro atoms. The van der Waals surface area contributed by atoms with Gasteiger partial charge in [0.05, 0.1) is 10.6 Å². The van der Waals surface area contributed by atoms with Crippen LogP contribution in [-0.2, 0) is 4.79 Å². The van der Waals surface area contributed by atoms with Gasteiger partial charge in [0.15, 0.2) is 0 Å². The maximum absolute atomic E-state index is 13.8. The molecule has 2 saturated carbocycles. The van der Waals surface area contributed by atoms with E-state index in [0.717, 1.165) is 37.0 Å². The highest BCUT2D eigenvalue weighted by atomic mass is 32.1. The smallest absolute Gasteiger partial charge is 0.348 e. The zero-order valence-corrected chi connectivity index (χ0v) is 19.9. The summed E-state index contributed by atoms with van der Waals surface area (Å²) in [7, 11) is 0. The highest BCUT2D eigenvalue weighted by molar-refractivity contribution is 7.15. The molecule has 1 heterocycles. The van der Waals surface area contributed by atoms with Crippen molar-refractivity contribution in [2.24, 2.45) is 17.3 Å². The third-order valence-corrected chi connectivity index (χ3v) is 7.35. The molecule has 0 unspecified atom stereocenters. The van der Waals surface area contributed by atoms with Crippen LogP contribution < -0.4 is 4.90 Å². The summed E-state index contributed by atoms with van der Waals surface area (Å²) in [5, 5.41) is 9.89. The fraction of sp³-hybridized carbons (Fsp3) is 0.680. The maximum Gasteiger partial charge on any atom is 0.348 e. The van der Waals surface area contributed by atoms with E-state index in [1.807, 2.05) is 20.8 Å². The molecular formula is C25H34FNO3S. The molecule has 3 rings (SSSR count). The normalized spacial score (nSPS) is 26.6. The summed E-state index contributed by atoms with van der Waals surface area (Å²) in [4.78, 5) is 28.3. The van der Waals surface area contributed by atoms with E-state index in [2.05, 4.69) is 18.8 Å². The molecule has 0 saturated heterocycles. The zero-order chi connectivity index (χ0) is 22.8. The molecule has 1 aromatic rings. The van der Waals surface area contributed by atoms with E-state index in [4.69, 9.17) is 0 Å². The van der Waals surface area contributed by atoms with Crippen LogP contribution in [0.3, 0.4) is 0 Å². The Bertz CT molecular complexity index is 860. The monoisotopic (exact) mass is 447 g/mol. The quantitative estimate of drug-likeness (QED) is 0.552. The van der Waals surface area contributed by atoms with E-state index >= 15 is 0 Å². The number of carbonyl (C=O) groups excluding carboxylic acids is 1. The van der Waals surface area contributed by atoms with Gasteiger partial charge in [0.1, 0.15) is 11.0 Å². The molecule has 170 valence electrons. The molecule has 2 fully saturated rings. The van der Waals surface area contributed by atoms with Gasteiger partial charge in [0, 0.05) is 17.4 Å². The molecule has 6 heteroatoms. The van der Waals surface area contributed by atoms with Gasteiger partial charge in [-0.25, -0.2) is 9.18 Å². The number of hydrogen-bond acceptors (Lipinski definition) is 3. The number of carboxylic acids is 1. The molecular weight excluding hydrogens is 413 g/mol. The fourth-order valence-electron chi connectivity index (χ4n) is 4.52. The van der Waals surface area contributed by atoms with Crippen molar-refractivity contribution < 1.29 is 19.1 Å². The van der Waals surface area contributed by atoms with E-state index in [1.165, 1.54) is 0 Å². The van der Waals surface area contributed by atoms with Crippen LogP contribution in [0, 0.1) is 29.1 Å². The van der Waals surface area contributed by atoms with Crippen molar-refractivity contribution in [3.63, 3.8) is 0 Å². The highest BCUT2D eigenvalue weighted by Crippen LogP contribution is 2.39. The molecule has 1 aromatic heterocycles. The molecule has 31 heavy (non-hydrogen) atoms. The molecule has 0 radical (unpaired) electrons. The van der Waals surface area contributed by atoms with Crippen LogP contribution in [0.4, 0.5) is 10.1 Å². The molecule has 2 aliphatic carbocycles. The summed E-state index contributed by atoms with van der Waals surface area (Å²) in [6, 6.07) is 1.60. The van der Waals surface area contributed by atoms with E-state index < -0.39 is 12.1 Å².